The molecule has 1 aromatic heterocycles. The topological polar surface area (TPSA) is 28.5 Å². The summed E-state index contributed by atoms with van der Waals surface area (Å²) in [5, 5.41) is 0. The number of aliphatic imine (C=N–C) groups is 1. The first-order chi connectivity index (χ1) is 13.7. The molecule has 0 aliphatic carbocycles. The van der Waals surface area contributed by atoms with Crippen molar-refractivity contribution in [1.82, 2.24) is 4.98 Å². The second-order valence-corrected chi connectivity index (χ2v) is 7.13. The van der Waals surface area contributed by atoms with Gasteiger partial charge in [0.2, 0.25) is 0 Å². The Balaban J connectivity index is 2.98. The summed E-state index contributed by atoms with van der Waals surface area (Å²) in [6.07, 6.45) is 10.4. The van der Waals surface area contributed by atoms with Crippen molar-refractivity contribution in [3.05, 3.63) is 82.9 Å². The average Bonchev–Trinajstić information content (AvgIpc) is 2.72. The zero-order valence-corrected chi connectivity index (χ0v) is 18.7. The van der Waals surface area contributed by atoms with Crippen LogP contribution in [0.4, 0.5) is 10.2 Å². The number of rotatable bonds is 10. The third kappa shape index (κ3) is 7.30. The first-order valence-corrected chi connectivity index (χ1v) is 9.88. The SMILES string of the molecule is C=CC(=C\C)/C(C)=C/C=C(\C)CC/C(=C(\C)N=C)N(C)c1ccc(C(C)F)cn1. The van der Waals surface area contributed by atoms with E-state index in [-0.39, 0.29) is 0 Å². The van der Waals surface area contributed by atoms with Crippen molar-refractivity contribution in [3.63, 3.8) is 0 Å². The van der Waals surface area contributed by atoms with E-state index in [2.05, 4.69) is 55.3 Å². The fraction of sp³-hybridized carbons (Fsp3) is 0.360. The van der Waals surface area contributed by atoms with Crippen LogP contribution in [0.5, 0.6) is 0 Å². The van der Waals surface area contributed by atoms with E-state index in [1.807, 2.05) is 37.9 Å². The van der Waals surface area contributed by atoms with Crippen LogP contribution in [0.15, 0.2) is 82.3 Å². The minimum Gasteiger partial charge on any atom is -0.331 e. The van der Waals surface area contributed by atoms with Crippen LogP contribution < -0.4 is 4.90 Å². The Morgan fingerprint density at radius 2 is 1.93 bits per heavy atom. The van der Waals surface area contributed by atoms with E-state index >= 15 is 0 Å². The lowest BCUT2D eigenvalue weighted by atomic mass is 10.0. The van der Waals surface area contributed by atoms with Crippen molar-refractivity contribution in [1.29, 1.82) is 0 Å². The molecule has 0 spiro atoms. The van der Waals surface area contributed by atoms with Gasteiger partial charge in [-0.2, -0.15) is 0 Å². The number of hydrogen-bond donors (Lipinski definition) is 0. The summed E-state index contributed by atoms with van der Waals surface area (Å²) in [6.45, 7) is 17.2. The molecule has 0 aliphatic rings. The largest absolute Gasteiger partial charge is 0.331 e. The molecule has 0 bridgehead atoms. The van der Waals surface area contributed by atoms with Gasteiger partial charge in [0.25, 0.3) is 0 Å². The minimum absolute atomic E-state index is 0.576. The van der Waals surface area contributed by atoms with Crippen LogP contribution in [0, 0.1) is 0 Å². The lowest BCUT2D eigenvalue weighted by Gasteiger charge is -2.23. The average molecular weight is 396 g/mol. The molecule has 156 valence electrons. The lowest BCUT2D eigenvalue weighted by molar-refractivity contribution is 0.373. The van der Waals surface area contributed by atoms with Gasteiger partial charge in [0, 0.05) is 24.5 Å². The van der Waals surface area contributed by atoms with Gasteiger partial charge in [-0.25, -0.2) is 9.37 Å². The summed E-state index contributed by atoms with van der Waals surface area (Å²) in [4.78, 5) is 10.5. The molecule has 0 saturated heterocycles. The first-order valence-electron chi connectivity index (χ1n) is 9.88. The molecular weight excluding hydrogens is 361 g/mol. The second-order valence-electron chi connectivity index (χ2n) is 7.13. The number of halogens is 1. The third-order valence-corrected chi connectivity index (χ3v) is 4.99. The van der Waals surface area contributed by atoms with Crippen LogP contribution in [0.25, 0.3) is 0 Å². The standard InChI is InChI=1S/C25H34FN3/c1-9-22(10-2)19(4)13-11-18(3)12-15-24(21(6)27-7)29(8)25-16-14-23(17-28-25)20(5)26/h9-11,13-14,16-17,20H,1,7,12,15H2,2-6,8H3/b18-11+,19-13+,22-10+,24-21-. The van der Waals surface area contributed by atoms with Gasteiger partial charge in [0.05, 0.1) is 5.70 Å². The van der Waals surface area contributed by atoms with Gasteiger partial charge in [0.1, 0.15) is 12.0 Å². The molecule has 0 N–H and O–H groups in total. The van der Waals surface area contributed by atoms with Gasteiger partial charge < -0.3 is 4.90 Å². The van der Waals surface area contributed by atoms with Crippen LogP contribution in [0.3, 0.4) is 0 Å². The third-order valence-electron chi connectivity index (χ3n) is 4.99. The quantitative estimate of drug-likeness (QED) is 0.307. The Kier molecular flexibility index (Phi) is 10.0. The van der Waals surface area contributed by atoms with Crippen LogP contribution in [-0.4, -0.2) is 18.7 Å². The highest BCUT2D eigenvalue weighted by Gasteiger charge is 2.13. The van der Waals surface area contributed by atoms with Crippen LogP contribution in [0.2, 0.25) is 0 Å². The Morgan fingerprint density at radius 3 is 2.41 bits per heavy atom. The highest BCUT2D eigenvalue weighted by molar-refractivity contribution is 5.48. The van der Waals surface area contributed by atoms with E-state index in [0.29, 0.717) is 5.56 Å². The maximum absolute atomic E-state index is 13.4. The zero-order chi connectivity index (χ0) is 22.0. The maximum Gasteiger partial charge on any atom is 0.132 e. The van der Waals surface area contributed by atoms with E-state index in [4.69, 9.17) is 0 Å². The summed E-state index contributed by atoms with van der Waals surface area (Å²) in [5.74, 6) is 0.758. The molecule has 0 saturated carbocycles. The van der Waals surface area contributed by atoms with E-state index < -0.39 is 6.17 Å². The predicted octanol–water partition coefficient (Wildman–Crippen LogP) is 7.29. The van der Waals surface area contributed by atoms with Crippen molar-refractivity contribution >= 4 is 12.5 Å². The molecule has 4 heteroatoms. The monoisotopic (exact) mass is 395 g/mol. The molecule has 0 aliphatic heterocycles. The minimum atomic E-state index is -1.03. The molecule has 1 heterocycles. The Hall–Kier alpha value is -2.75. The first kappa shape index (κ1) is 24.3. The highest BCUT2D eigenvalue weighted by Crippen LogP contribution is 2.25. The lowest BCUT2D eigenvalue weighted by Crippen LogP contribution is -2.19. The Labute approximate surface area is 175 Å². The van der Waals surface area contributed by atoms with Gasteiger partial charge in [-0.3, -0.25) is 4.99 Å². The summed E-state index contributed by atoms with van der Waals surface area (Å²) < 4.78 is 13.4. The van der Waals surface area contributed by atoms with E-state index in [9.17, 15) is 4.39 Å². The van der Waals surface area contributed by atoms with E-state index in [1.165, 1.54) is 18.1 Å². The van der Waals surface area contributed by atoms with Gasteiger partial charge >= 0.3 is 0 Å². The maximum atomic E-state index is 13.4. The number of allylic oxidation sites excluding steroid dienone is 9. The van der Waals surface area contributed by atoms with E-state index in [1.54, 1.807) is 12.3 Å². The number of pyridine rings is 1. The molecule has 1 rings (SSSR count). The molecule has 0 amide bonds. The number of aromatic nitrogens is 1. The van der Waals surface area contributed by atoms with Crippen molar-refractivity contribution in [2.75, 3.05) is 11.9 Å². The number of hydrogen-bond acceptors (Lipinski definition) is 3. The molecule has 3 nitrogen and oxygen atoms in total. The van der Waals surface area contributed by atoms with Gasteiger partial charge in [-0.05, 0) is 71.4 Å². The van der Waals surface area contributed by atoms with Gasteiger partial charge in [0.15, 0.2) is 0 Å². The van der Waals surface area contributed by atoms with Crippen molar-refractivity contribution < 1.29 is 4.39 Å². The Morgan fingerprint density at radius 1 is 1.24 bits per heavy atom. The molecule has 1 aromatic rings. The summed E-state index contributed by atoms with van der Waals surface area (Å²) >= 11 is 0. The van der Waals surface area contributed by atoms with E-state index in [0.717, 1.165) is 35.6 Å². The van der Waals surface area contributed by atoms with Crippen LogP contribution in [0.1, 0.15) is 59.2 Å². The zero-order valence-electron chi connectivity index (χ0n) is 18.7. The normalized spacial score (nSPS) is 14.9. The fourth-order valence-corrected chi connectivity index (χ4v) is 2.92. The summed E-state index contributed by atoms with van der Waals surface area (Å²) in [5.41, 5.74) is 6.07. The summed E-state index contributed by atoms with van der Waals surface area (Å²) in [7, 11) is 1.95. The summed E-state index contributed by atoms with van der Waals surface area (Å²) in [6, 6.07) is 3.61. The highest BCUT2D eigenvalue weighted by atomic mass is 19.1. The Bertz CT molecular complexity index is 824. The second kappa shape index (κ2) is 11.9. The number of nitrogens with zero attached hydrogens (tertiary/aromatic N) is 3. The molecule has 0 radical (unpaired) electrons. The molecule has 0 aromatic carbocycles. The van der Waals surface area contributed by atoms with Crippen molar-refractivity contribution in [2.24, 2.45) is 4.99 Å². The molecular formula is C25H34FN3. The molecule has 0 fully saturated rings. The number of anilines is 1. The fourth-order valence-electron chi connectivity index (χ4n) is 2.92. The van der Waals surface area contributed by atoms with Gasteiger partial charge in [-0.1, -0.05) is 42.5 Å². The molecule has 1 atom stereocenters. The molecule has 1 unspecified atom stereocenters. The van der Waals surface area contributed by atoms with Crippen molar-refractivity contribution in [2.45, 2.75) is 53.6 Å². The number of alkyl halides is 1. The van der Waals surface area contributed by atoms with Crippen molar-refractivity contribution in [3.8, 4) is 0 Å². The smallest absolute Gasteiger partial charge is 0.132 e. The molecule has 29 heavy (non-hydrogen) atoms. The van der Waals surface area contributed by atoms with Gasteiger partial charge in [-0.15, -0.1) is 0 Å². The van der Waals surface area contributed by atoms with Crippen LogP contribution in [-0.2, 0) is 0 Å². The predicted molar refractivity (Wildman–Crippen MR) is 125 cm³/mol. The van der Waals surface area contributed by atoms with Crippen LogP contribution >= 0.6 is 0 Å².